The van der Waals surface area contributed by atoms with Crippen LogP contribution in [0.2, 0.25) is 0 Å². The molecule has 100 valence electrons. The van der Waals surface area contributed by atoms with E-state index in [0.29, 0.717) is 5.56 Å². The van der Waals surface area contributed by atoms with Crippen LogP contribution in [-0.4, -0.2) is 47.3 Å². The van der Waals surface area contributed by atoms with Crippen LogP contribution in [0.15, 0.2) is 12.4 Å². The summed E-state index contributed by atoms with van der Waals surface area (Å²) >= 11 is 0. The predicted molar refractivity (Wildman–Crippen MR) is 70.4 cm³/mol. The zero-order valence-electron chi connectivity index (χ0n) is 11.2. The third kappa shape index (κ3) is 3.10. The zero-order chi connectivity index (χ0) is 13.0. The molecule has 1 aromatic heterocycles. The third-order valence-electron chi connectivity index (χ3n) is 3.66. The second-order valence-corrected chi connectivity index (χ2v) is 5.03. The Morgan fingerprint density at radius 3 is 2.78 bits per heavy atom. The maximum Gasteiger partial charge on any atom is 0.257 e. The monoisotopic (exact) mass is 250 g/mol. The smallest absolute Gasteiger partial charge is 0.257 e. The molecule has 1 N–H and O–H groups in total. The van der Waals surface area contributed by atoms with Crippen LogP contribution in [0.1, 0.15) is 29.6 Å². The molecular formula is C13H22N4O. The number of aromatic nitrogens is 2. The van der Waals surface area contributed by atoms with Crippen molar-refractivity contribution in [3.05, 3.63) is 18.0 Å². The molecule has 1 fully saturated rings. The first-order valence-electron chi connectivity index (χ1n) is 6.63. The lowest BCUT2D eigenvalue weighted by atomic mass is 9.93. The number of nitrogens with one attached hydrogen (secondary N) is 1. The molecule has 0 atom stereocenters. The average Bonchev–Trinajstić information content (AvgIpc) is 2.83. The van der Waals surface area contributed by atoms with Crippen LogP contribution in [0.3, 0.4) is 0 Å². The van der Waals surface area contributed by atoms with Crippen LogP contribution in [0.4, 0.5) is 0 Å². The van der Waals surface area contributed by atoms with E-state index in [-0.39, 0.29) is 5.91 Å². The maximum atomic E-state index is 12.2. The van der Waals surface area contributed by atoms with Crippen molar-refractivity contribution in [2.75, 3.05) is 26.7 Å². The summed E-state index contributed by atoms with van der Waals surface area (Å²) in [5.74, 6) is 0.880. The lowest BCUT2D eigenvalue weighted by Crippen LogP contribution is -2.38. The summed E-state index contributed by atoms with van der Waals surface area (Å²) in [7, 11) is 3.82. The number of aryl methyl sites for hydroxylation is 1. The topological polar surface area (TPSA) is 50.2 Å². The minimum atomic E-state index is 0.121. The van der Waals surface area contributed by atoms with Gasteiger partial charge in [0.05, 0.1) is 11.8 Å². The van der Waals surface area contributed by atoms with Gasteiger partial charge >= 0.3 is 0 Å². The van der Waals surface area contributed by atoms with E-state index in [1.807, 2.05) is 19.0 Å². The molecule has 0 radical (unpaired) electrons. The van der Waals surface area contributed by atoms with Crippen LogP contribution >= 0.6 is 0 Å². The lowest BCUT2D eigenvalue weighted by molar-refractivity contribution is 0.0687. The summed E-state index contributed by atoms with van der Waals surface area (Å²) in [6.07, 6.45) is 6.89. The van der Waals surface area contributed by atoms with Crippen molar-refractivity contribution in [3.8, 4) is 0 Å². The molecule has 1 saturated heterocycles. The van der Waals surface area contributed by atoms with Crippen molar-refractivity contribution in [2.45, 2.75) is 19.3 Å². The summed E-state index contributed by atoms with van der Waals surface area (Å²) in [6, 6.07) is 0. The molecule has 0 aliphatic carbocycles. The lowest BCUT2D eigenvalue weighted by Gasteiger charge is -2.31. The molecule has 2 rings (SSSR count). The molecule has 0 saturated carbocycles. The summed E-state index contributed by atoms with van der Waals surface area (Å²) in [5, 5.41) is 7.23. The number of hydrogen-bond donors (Lipinski definition) is 1. The summed E-state index contributed by atoms with van der Waals surface area (Å²) < 4.78 is 1.67. The fourth-order valence-electron chi connectivity index (χ4n) is 2.49. The second-order valence-electron chi connectivity index (χ2n) is 5.03. The first-order valence-corrected chi connectivity index (χ1v) is 6.63. The molecule has 1 aliphatic rings. The average molecular weight is 250 g/mol. The van der Waals surface area contributed by atoms with Gasteiger partial charge in [-0.1, -0.05) is 0 Å². The molecule has 1 aliphatic heterocycles. The van der Waals surface area contributed by atoms with E-state index in [4.69, 9.17) is 0 Å². The molecule has 1 amide bonds. The Hall–Kier alpha value is -1.36. The number of hydrogen-bond acceptors (Lipinski definition) is 3. The van der Waals surface area contributed by atoms with E-state index in [0.717, 1.165) is 38.4 Å². The van der Waals surface area contributed by atoms with Gasteiger partial charge in [0.1, 0.15) is 0 Å². The summed E-state index contributed by atoms with van der Waals surface area (Å²) in [4.78, 5) is 14.1. The predicted octanol–water partition coefficient (Wildman–Crippen LogP) is 0.882. The Morgan fingerprint density at radius 1 is 1.50 bits per heavy atom. The van der Waals surface area contributed by atoms with Gasteiger partial charge in [-0.15, -0.1) is 0 Å². The van der Waals surface area contributed by atoms with Gasteiger partial charge in [-0.25, -0.2) is 0 Å². The number of carbonyl (C=O) groups excluding carboxylic acids is 1. The van der Waals surface area contributed by atoms with Crippen molar-refractivity contribution in [2.24, 2.45) is 13.0 Å². The Bertz CT molecular complexity index is 393. The van der Waals surface area contributed by atoms with E-state index in [1.165, 1.54) is 6.42 Å². The number of nitrogens with zero attached hydrogens (tertiary/aromatic N) is 3. The molecule has 0 aromatic carbocycles. The Balaban J connectivity index is 1.84. The molecule has 5 heteroatoms. The van der Waals surface area contributed by atoms with E-state index in [9.17, 15) is 4.79 Å². The highest BCUT2D eigenvalue weighted by atomic mass is 16.2. The van der Waals surface area contributed by atoms with Gasteiger partial charge in [0.25, 0.3) is 5.91 Å². The van der Waals surface area contributed by atoms with Crippen LogP contribution in [0.5, 0.6) is 0 Å². The Kier molecular flexibility index (Phi) is 4.36. The normalized spacial score (nSPS) is 17.1. The van der Waals surface area contributed by atoms with Crippen molar-refractivity contribution < 1.29 is 4.79 Å². The van der Waals surface area contributed by atoms with E-state index >= 15 is 0 Å². The highest BCUT2D eigenvalue weighted by Gasteiger charge is 2.23. The van der Waals surface area contributed by atoms with Gasteiger partial charge in [-0.2, -0.15) is 5.10 Å². The van der Waals surface area contributed by atoms with Gasteiger partial charge in [-0.05, 0) is 38.8 Å². The first kappa shape index (κ1) is 13.1. The maximum absolute atomic E-state index is 12.2. The molecule has 18 heavy (non-hydrogen) atoms. The van der Waals surface area contributed by atoms with Gasteiger partial charge in [-0.3, -0.25) is 9.48 Å². The fourth-order valence-corrected chi connectivity index (χ4v) is 2.49. The largest absolute Gasteiger partial charge is 0.339 e. The van der Waals surface area contributed by atoms with Gasteiger partial charge in [0.2, 0.25) is 0 Å². The number of likely N-dealkylation sites (tertiary alicyclic amines) is 1. The van der Waals surface area contributed by atoms with E-state index in [2.05, 4.69) is 10.4 Å². The highest BCUT2D eigenvalue weighted by molar-refractivity contribution is 5.93. The van der Waals surface area contributed by atoms with Crippen LogP contribution in [0, 0.1) is 5.92 Å². The van der Waals surface area contributed by atoms with Gasteiger partial charge in [0.15, 0.2) is 0 Å². The number of rotatable bonds is 4. The molecule has 0 unspecified atom stereocenters. The zero-order valence-corrected chi connectivity index (χ0v) is 11.2. The quantitative estimate of drug-likeness (QED) is 0.863. The second kappa shape index (κ2) is 6.00. The number of amides is 1. The fraction of sp³-hybridized carbons (Fsp3) is 0.692. The summed E-state index contributed by atoms with van der Waals surface area (Å²) in [6.45, 7) is 2.82. The standard InChI is InChI=1S/C13H22N4O/c1-14-6-3-11-4-7-17(8-5-11)13(18)12-9-15-16(2)10-12/h9-11,14H,3-8H2,1-2H3. The van der Waals surface area contributed by atoms with Crippen molar-refractivity contribution >= 4 is 5.91 Å². The Labute approximate surface area is 108 Å². The minimum absolute atomic E-state index is 0.121. The molecule has 2 heterocycles. The molecular weight excluding hydrogens is 228 g/mol. The molecule has 1 aromatic rings. The van der Waals surface area contributed by atoms with Crippen LogP contribution in [-0.2, 0) is 7.05 Å². The van der Waals surface area contributed by atoms with Gasteiger partial charge < -0.3 is 10.2 Å². The first-order chi connectivity index (χ1) is 8.70. The minimum Gasteiger partial charge on any atom is -0.339 e. The highest BCUT2D eigenvalue weighted by Crippen LogP contribution is 2.21. The Morgan fingerprint density at radius 2 is 2.22 bits per heavy atom. The van der Waals surface area contributed by atoms with E-state index < -0.39 is 0 Å². The van der Waals surface area contributed by atoms with Crippen molar-refractivity contribution in [3.63, 3.8) is 0 Å². The van der Waals surface area contributed by atoms with Gasteiger partial charge in [0, 0.05) is 26.3 Å². The van der Waals surface area contributed by atoms with Crippen LogP contribution in [0.25, 0.3) is 0 Å². The number of carbonyl (C=O) groups is 1. The number of piperidine rings is 1. The third-order valence-corrected chi connectivity index (χ3v) is 3.66. The van der Waals surface area contributed by atoms with Crippen molar-refractivity contribution in [1.29, 1.82) is 0 Å². The SMILES string of the molecule is CNCCC1CCN(C(=O)c2cnn(C)c2)CC1. The molecule has 5 nitrogen and oxygen atoms in total. The van der Waals surface area contributed by atoms with E-state index in [1.54, 1.807) is 17.1 Å². The summed E-state index contributed by atoms with van der Waals surface area (Å²) in [5.41, 5.74) is 0.700. The van der Waals surface area contributed by atoms with Crippen molar-refractivity contribution in [1.82, 2.24) is 20.0 Å². The molecule has 0 bridgehead atoms. The van der Waals surface area contributed by atoms with Crippen LogP contribution < -0.4 is 5.32 Å². The molecule has 0 spiro atoms.